The smallest absolute Gasteiger partial charge is 0.0947 e. The van der Waals surface area contributed by atoms with Gasteiger partial charge in [-0.05, 0) is 37.0 Å². The van der Waals surface area contributed by atoms with Crippen LogP contribution in [0.4, 0.5) is 0 Å². The normalized spacial score (nSPS) is 12.7. The van der Waals surface area contributed by atoms with Gasteiger partial charge >= 0.3 is 0 Å². The van der Waals surface area contributed by atoms with Crippen molar-refractivity contribution >= 4 is 0 Å². The molecule has 90 valence electrons. The van der Waals surface area contributed by atoms with Gasteiger partial charge in [-0.2, -0.15) is 0 Å². The van der Waals surface area contributed by atoms with Crippen molar-refractivity contribution in [2.45, 2.75) is 26.3 Å². The van der Waals surface area contributed by atoms with Crippen molar-refractivity contribution in [1.29, 1.82) is 0 Å². The number of imidazole rings is 1. The second-order valence-corrected chi connectivity index (χ2v) is 4.64. The fourth-order valence-corrected chi connectivity index (χ4v) is 2.12. The van der Waals surface area contributed by atoms with Crippen LogP contribution in [0.2, 0.25) is 0 Å². The summed E-state index contributed by atoms with van der Waals surface area (Å²) in [5, 5.41) is 0. The van der Waals surface area contributed by atoms with Crippen LogP contribution in [0.25, 0.3) is 0 Å². The summed E-state index contributed by atoms with van der Waals surface area (Å²) in [7, 11) is 1.96. The quantitative estimate of drug-likeness (QED) is 0.877. The molecule has 3 nitrogen and oxygen atoms in total. The van der Waals surface area contributed by atoms with E-state index in [2.05, 4.69) is 37.0 Å². The van der Waals surface area contributed by atoms with E-state index < -0.39 is 0 Å². The van der Waals surface area contributed by atoms with E-state index in [4.69, 9.17) is 5.73 Å². The molecular formula is C14H19N3. The Kier molecular flexibility index (Phi) is 3.29. The maximum Gasteiger partial charge on any atom is 0.0947 e. The summed E-state index contributed by atoms with van der Waals surface area (Å²) in [5.74, 6) is 0. The van der Waals surface area contributed by atoms with Gasteiger partial charge in [0.15, 0.2) is 0 Å². The molecule has 0 aliphatic rings. The number of hydrogen-bond acceptors (Lipinski definition) is 2. The predicted octanol–water partition coefficient (Wildman–Crippen LogP) is 2.28. The number of rotatable bonds is 3. The molecule has 2 N–H and O–H groups in total. The standard InChI is InChI=1S/C14H19N3/c1-10-5-4-6-11(2)12(10)7-13(15)14-8-17(3)9-16-14/h4-6,8-9,13H,7,15H2,1-3H3. The molecule has 2 aromatic rings. The Morgan fingerprint density at radius 2 is 1.94 bits per heavy atom. The SMILES string of the molecule is Cc1cccc(C)c1CC(N)c1cn(C)cn1. The molecule has 0 aliphatic heterocycles. The molecule has 0 fully saturated rings. The first kappa shape index (κ1) is 11.9. The maximum absolute atomic E-state index is 6.20. The van der Waals surface area contributed by atoms with E-state index in [-0.39, 0.29) is 6.04 Å². The van der Waals surface area contributed by atoms with Gasteiger partial charge in [-0.25, -0.2) is 4.98 Å². The van der Waals surface area contributed by atoms with E-state index >= 15 is 0 Å². The minimum Gasteiger partial charge on any atom is -0.340 e. The summed E-state index contributed by atoms with van der Waals surface area (Å²) < 4.78 is 1.93. The summed E-state index contributed by atoms with van der Waals surface area (Å²) >= 11 is 0. The van der Waals surface area contributed by atoms with Gasteiger partial charge in [0.05, 0.1) is 18.1 Å². The first-order valence-corrected chi connectivity index (χ1v) is 5.86. The minimum absolute atomic E-state index is 0.0315. The zero-order valence-electron chi connectivity index (χ0n) is 10.6. The van der Waals surface area contributed by atoms with Crippen molar-refractivity contribution in [2.24, 2.45) is 12.8 Å². The molecule has 0 saturated heterocycles. The average Bonchev–Trinajstić information content (AvgIpc) is 2.70. The van der Waals surface area contributed by atoms with Gasteiger partial charge in [0, 0.05) is 13.2 Å². The number of nitrogens with zero attached hydrogens (tertiary/aromatic N) is 2. The van der Waals surface area contributed by atoms with E-state index in [1.54, 1.807) is 6.33 Å². The molecule has 0 bridgehead atoms. The lowest BCUT2D eigenvalue weighted by atomic mass is 9.96. The number of benzene rings is 1. The van der Waals surface area contributed by atoms with Gasteiger partial charge in [-0.3, -0.25) is 0 Å². The maximum atomic E-state index is 6.20. The Bertz CT molecular complexity index is 494. The van der Waals surface area contributed by atoms with Crippen molar-refractivity contribution < 1.29 is 0 Å². The molecule has 1 aromatic heterocycles. The third kappa shape index (κ3) is 2.56. The lowest BCUT2D eigenvalue weighted by Gasteiger charge is -2.13. The fraction of sp³-hybridized carbons (Fsp3) is 0.357. The number of aromatic nitrogens is 2. The van der Waals surface area contributed by atoms with Crippen LogP contribution < -0.4 is 5.73 Å². The van der Waals surface area contributed by atoms with Gasteiger partial charge in [0.2, 0.25) is 0 Å². The Labute approximate surface area is 102 Å². The van der Waals surface area contributed by atoms with Crippen molar-refractivity contribution in [3.63, 3.8) is 0 Å². The second-order valence-electron chi connectivity index (χ2n) is 4.64. The van der Waals surface area contributed by atoms with E-state index in [0.717, 1.165) is 12.1 Å². The average molecular weight is 229 g/mol. The largest absolute Gasteiger partial charge is 0.340 e. The molecule has 0 radical (unpaired) electrons. The molecule has 1 aromatic carbocycles. The molecule has 1 unspecified atom stereocenters. The van der Waals surface area contributed by atoms with Gasteiger partial charge in [0.25, 0.3) is 0 Å². The lowest BCUT2D eigenvalue weighted by Crippen LogP contribution is -2.15. The van der Waals surface area contributed by atoms with Crippen molar-refractivity contribution in [3.05, 3.63) is 53.1 Å². The summed E-state index contributed by atoms with van der Waals surface area (Å²) in [4.78, 5) is 4.31. The van der Waals surface area contributed by atoms with Crippen LogP contribution in [-0.2, 0) is 13.5 Å². The third-order valence-electron chi connectivity index (χ3n) is 3.17. The van der Waals surface area contributed by atoms with Crippen LogP contribution in [0.3, 0.4) is 0 Å². The molecule has 3 heteroatoms. The Morgan fingerprint density at radius 3 is 2.47 bits per heavy atom. The van der Waals surface area contributed by atoms with Crippen LogP contribution in [0.5, 0.6) is 0 Å². The predicted molar refractivity (Wildman–Crippen MR) is 69.8 cm³/mol. The highest BCUT2D eigenvalue weighted by atomic mass is 15.0. The minimum atomic E-state index is -0.0315. The monoisotopic (exact) mass is 229 g/mol. The van der Waals surface area contributed by atoms with Crippen LogP contribution >= 0.6 is 0 Å². The Balaban J connectivity index is 2.21. The van der Waals surface area contributed by atoms with Crippen molar-refractivity contribution in [1.82, 2.24) is 9.55 Å². The molecule has 2 rings (SSSR count). The van der Waals surface area contributed by atoms with E-state index in [0.29, 0.717) is 0 Å². The van der Waals surface area contributed by atoms with Crippen LogP contribution in [-0.4, -0.2) is 9.55 Å². The number of aryl methyl sites for hydroxylation is 3. The highest BCUT2D eigenvalue weighted by molar-refractivity contribution is 5.34. The highest BCUT2D eigenvalue weighted by Gasteiger charge is 2.12. The molecule has 0 aliphatic carbocycles. The lowest BCUT2D eigenvalue weighted by molar-refractivity contribution is 0.694. The molecule has 1 heterocycles. The van der Waals surface area contributed by atoms with Gasteiger partial charge in [-0.1, -0.05) is 18.2 Å². The van der Waals surface area contributed by atoms with Crippen molar-refractivity contribution in [2.75, 3.05) is 0 Å². The molecule has 0 saturated carbocycles. The second kappa shape index (κ2) is 4.72. The summed E-state index contributed by atoms with van der Waals surface area (Å²) in [6.07, 6.45) is 4.62. The van der Waals surface area contributed by atoms with Gasteiger partial charge in [0.1, 0.15) is 0 Å². The Morgan fingerprint density at radius 1 is 1.29 bits per heavy atom. The fourth-order valence-electron chi connectivity index (χ4n) is 2.12. The zero-order chi connectivity index (χ0) is 12.4. The molecule has 0 amide bonds. The first-order valence-electron chi connectivity index (χ1n) is 5.86. The molecule has 1 atom stereocenters. The third-order valence-corrected chi connectivity index (χ3v) is 3.17. The van der Waals surface area contributed by atoms with Crippen LogP contribution in [0.15, 0.2) is 30.7 Å². The highest BCUT2D eigenvalue weighted by Crippen LogP contribution is 2.20. The van der Waals surface area contributed by atoms with Crippen LogP contribution in [0, 0.1) is 13.8 Å². The van der Waals surface area contributed by atoms with Crippen LogP contribution in [0.1, 0.15) is 28.4 Å². The topological polar surface area (TPSA) is 43.8 Å². The zero-order valence-corrected chi connectivity index (χ0v) is 10.6. The molecule has 0 spiro atoms. The van der Waals surface area contributed by atoms with Gasteiger partial charge in [-0.15, -0.1) is 0 Å². The van der Waals surface area contributed by atoms with E-state index in [1.165, 1.54) is 16.7 Å². The Hall–Kier alpha value is -1.61. The van der Waals surface area contributed by atoms with Gasteiger partial charge < -0.3 is 10.3 Å². The van der Waals surface area contributed by atoms with E-state index in [9.17, 15) is 0 Å². The van der Waals surface area contributed by atoms with Crippen molar-refractivity contribution in [3.8, 4) is 0 Å². The first-order chi connectivity index (χ1) is 8.08. The number of nitrogens with two attached hydrogens (primary N) is 1. The molecular weight excluding hydrogens is 210 g/mol. The van der Waals surface area contributed by atoms with E-state index in [1.807, 2.05) is 17.8 Å². The molecule has 17 heavy (non-hydrogen) atoms. The number of hydrogen-bond donors (Lipinski definition) is 1. The summed E-state index contributed by atoms with van der Waals surface area (Å²) in [6, 6.07) is 6.32. The summed E-state index contributed by atoms with van der Waals surface area (Å²) in [5.41, 5.74) is 11.1. The summed E-state index contributed by atoms with van der Waals surface area (Å²) in [6.45, 7) is 4.26.